The average molecular weight is 412 g/mol. The second-order valence-electron chi connectivity index (χ2n) is 7.95. The van der Waals surface area contributed by atoms with Crippen LogP contribution in [0.15, 0.2) is 48.2 Å². The van der Waals surface area contributed by atoms with E-state index in [0.717, 1.165) is 31.6 Å². The molecule has 1 fully saturated rings. The van der Waals surface area contributed by atoms with Crippen LogP contribution in [0.4, 0.5) is 4.39 Å². The van der Waals surface area contributed by atoms with Crippen molar-refractivity contribution < 1.29 is 13.9 Å². The molecule has 0 saturated carbocycles. The Morgan fingerprint density at radius 1 is 1.20 bits per heavy atom. The van der Waals surface area contributed by atoms with E-state index in [1.54, 1.807) is 12.3 Å². The average Bonchev–Trinajstić information content (AvgIpc) is 2.79. The highest BCUT2D eigenvalue weighted by atomic mass is 19.1. The van der Waals surface area contributed by atoms with Crippen molar-refractivity contribution in [2.75, 3.05) is 39.9 Å². The number of hydrogen-bond acceptors (Lipinski definition) is 5. The van der Waals surface area contributed by atoms with Gasteiger partial charge in [0, 0.05) is 30.6 Å². The first-order valence-corrected chi connectivity index (χ1v) is 10.8. The smallest absolute Gasteiger partial charge is 0.167 e. The number of benzene rings is 1. The van der Waals surface area contributed by atoms with Gasteiger partial charge in [0.15, 0.2) is 11.6 Å². The highest BCUT2D eigenvalue weighted by Crippen LogP contribution is 2.26. The maximum absolute atomic E-state index is 13.8. The van der Waals surface area contributed by atoms with Crippen molar-refractivity contribution in [1.82, 2.24) is 15.2 Å². The first kappa shape index (κ1) is 20.8. The van der Waals surface area contributed by atoms with Crippen LogP contribution >= 0.6 is 0 Å². The lowest BCUT2D eigenvalue weighted by Crippen LogP contribution is -2.44. The van der Waals surface area contributed by atoms with Crippen LogP contribution in [0.25, 0.3) is 10.9 Å². The van der Waals surface area contributed by atoms with Gasteiger partial charge < -0.3 is 14.8 Å². The van der Waals surface area contributed by atoms with Crippen LogP contribution in [0.2, 0.25) is 0 Å². The quantitative estimate of drug-likeness (QED) is 0.709. The molecule has 4 rings (SSSR count). The third-order valence-corrected chi connectivity index (χ3v) is 5.86. The van der Waals surface area contributed by atoms with Gasteiger partial charge in [0.1, 0.15) is 12.4 Å². The largest absolute Gasteiger partial charge is 0.494 e. The van der Waals surface area contributed by atoms with Gasteiger partial charge in [0.05, 0.1) is 18.8 Å². The maximum atomic E-state index is 13.8. The normalized spacial score (nSPS) is 17.9. The fraction of sp³-hybridized carbons (Fsp3) is 0.458. The maximum Gasteiger partial charge on any atom is 0.167 e. The van der Waals surface area contributed by atoms with Crippen LogP contribution in [0, 0.1) is 5.82 Å². The van der Waals surface area contributed by atoms with E-state index in [-0.39, 0.29) is 5.75 Å². The van der Waals surface area contributed by atoms with Crippen molar-refractivity contribution in [3.05, 3.63) is 54.0 Å². The lowest BCUT2D eigenvalue weighted by molar-refractivity contribution is 0.166. The van der Waals surface area contributed by atoms with E-state index in [4.69, 9.17) is 9.47 Å². The minimum atomic E-state index is -0.406. The number of ether oxygens (including phenoxy) is 2. The summed E-state index contributed by atoms with van der Waals surface area (Å²) in [4.78, 5) is 6.75. The Kier molecular flexibility index (Phi) is 6.97. The van der Waals surface area contributed by atoms with E-state index in [1.807, 2.05) is 6.07 Å². The van der Waals surface area contributed by atoms with Crippen LogP contribution in [-0.4, -0.2) is 55.8 Å². The number of piperidine rings is 1. The Balaban J connectivity index is 1.20. The van der Waals surface area contributed by atoms with Gasteiger partial charge in [-0.25, -0.2) is 4.39 Å². The Morgan fingerprint density at radius 3 is 2.83 bits per heavy atom. The van der Waals surface area contributed by atoms with Gasteiger partial charge in [0.25, 0.3) is 0 Å². The molecular weight excluding hydrogens is 381 g/mol. The van der Waals surface area contributed by atoms with Gasteiger partial charge in [-0.05, 0) is 56.5 Å². The Labute approximate surface area is 177 Å². The summed E-state index contributed by atoms with van der Waals surface area (Å²) in [5.74, 6) is 0.506. The molecule has 1 aromatic carbocycles. The van der Waals surface area contributed by atoms with Gasteiger partial charge in [0.2, 0.25) is 0 Å². The summed E-state index contributed by atoms with van der Waals surface area (Å²) < 4.78 is 24.7. The van der Waals surface area contributed by atoms with Crippen LogP contribution in [-0.2, 0) is 0 Å². The summed E-state index contributed by atoms with van der Waals surface area (Å²) in [5.41, 5.74) is 2.01. The van der Waals surface area contributed by atoms with Crippen LogP contribution in [0.5, 0.6) is 11.5 Å². The number of pyridine rings is 1. The SMILES string of the molecule is COc1cc2cc(OCCN3CCC(NCC4=CCCC=C4)CC3)cnc2cc1F. The molecule has 1 aliphatic heterocycles. The molecule has 0 atom stereocenters. The van der Waals surface area contributed by atoms with E-state index in [0.29, 0.717) is 23.9 Å². The number of halogens is 1. The molecule has 2 aliphatic rings. The summed E-state index contributed by atoms with van der Waals surface area (Å²) in [5, 5.41) is 4.51. The van der Waals surface area contributed by atoms with Gasteiger partial charge in [-0.2, -0.15) is 0 Å². The molecule has 1 saturated heterocycles. The van der Waals surface area contributed by atoms with Gasteiger partial charge in [-0.1, -0.05) is 18.2 Å². The van der Waals surface area contributed by atoms with Crippen LogP contribution in [0.3, 0.4) is 0 Å². The number of likely N-dealkylation sites (tertiary alicyclic amines) is 1. The summed E-state index contributed by atoms with van der Waals surface area (Å²) in [6.45, 7) is 4.66. The van der Waals surface area contributed by atoms with Gasteiger partial charge >= 0.3 is 0 Å². The van der Waals surface area contributed by atoms with Crippen molar-refractivity contribution in [1.29, 1.82) is 0 Å². The fourth-order valence-corrected chi connectivity index (χ4v) is 4.06. The molecule has 2 aromatic rings. The van der Waals surface area contributed by atoms with E-state index in [9.17, 15) is 4.39 Å². The molecule has 0 radical (unpaired) electrons. The predicted molar refractivity (Wildman–Crippen MR) is 118 cm³/mol. The first-order chi connectivity index (χ1) is 14.7. The predicted octanol–water partition coefficient (Wildman–Crippen LogP) is 4.09. The number of hydrogen-bond donors (Lipinski definition) is 1. The van der Waals surface area contributed by atoms with Gasteiger partial charge in [-0.15, -0.1) is 0 Å². The number of nitrogens with one attached hydrogen (secondary N) is 1. The highest BCUT2D eigenvalue weighted by Gasteiger charge is 2.18. The van der Waals surface area contributed by atoms with E-state index < -0.39 is 5.82 Å². The number of rotatable bonds is 8. The zero-order chi connectivity index (χ0) is 20.8. The molecule has 30 heavy (non-hydrogen) atoms. The Bertz CT molecular complexity index is 920. The summed E-state index contributed by atoms with van der Waals surface area (Å²) >= 11 is 0. The third kappa shape index (κ3) is 5.37. The molecule has 0 unspecified atom stereocenters. The van der Waals surface area contributed by atoms with Crippen molar-refractivity contribution >= 4 is 10.9 Å². The summed E-state index contributed by atoms with van der Waals surface area (Å²) in [6, 6.07) is 5.52. The van der Waals surface area contributed by atoms with E-state index in [1.165, 1.54) is 44.4 Å². The molecule has 5 nitrogen and oxygen atoms in total. The summed E-state index contributed by atoms with van der Waals surface area (Å²) in [7, 11) is 1.46. The summed E-state index contributed by atoms with van der Waals surface area (Å²) in [6.07, 6.45) is 13.2. The van der Waals surface area contributed by atoms with Crippen molar-refractivity contribution in [2.45, 2.75) is 31.7 Å². The monoisotopic (exact) mass is 411 g/mol. The molecule has 1 aromatic heterocycles. The first-order valence-electron chi connectivity index (χ1n) is 10.8. The van der Waals surface area contributed by atoms with Crippen molar-refractivity contribution in [2.24, 2.45) is 0 Å². The van der Waals surface area contributed by atoms with E-state index >= 15 is 0 Å². The number of aromatic nitrogens is 1. The molecule has 1 N–H and O–H groups in total. The Morgan fingerprint density at radius 2 is 2.07 bits per heavy atom. The molecule has 0 amide bonds. The van der Waals surface area contributed by atoms with Gasteiger partial charge in [-0.3, -0.25) is 9.88 Å². The topological polar surface area (TPSA) is 46.6 Å². The molecule has 1 aliphatic carbocycles. The number of nitrogens with zero attached hydrogens (tertiary/aromatic N) is 2. The third-order valence-electron chi connectivity index (χ3n) is 5.86. The minimum absolute atomic E-state index is 0.216. The zero-order valence-corrected chi connectivity index (χ0v) is 17.6. The van der Waals surface area contributed by atoms with Crippen LogP contribution < -0.4 is 14.8 Å². The molecule has 160 valence electrons. The minimum Gasteiger partial charge on any atom is -0.494 e. The standard InChI is InChI=1S/C24H30FN3O2/c1-29-24-14-19-13-21(17-27-23(19)15-22(24)25)30-12-11-28-9-7-20(8-10-28)26-16-18-5-3-2-4-6-18/h3,5-6,13-15,17,20,26H,2,4,7-12,16H2,1H3. The number of methoxy groups -OCH3 is 1. The molecular formula is C24H30FN3O2. The van der Waals surface area contributed by atoms with Crippen LogP contribution in [0.1, 0.15) is 25.7 Å². The zero-order valence-electron chi connectivity index (χ0n) is 17.6. The van der Waals surface area contributed by atoms with Crippen molar-refractivity contribution in [3.8, 4) is 11.5 Å². The number of allylic oxidation sites excluding steroid dienone is 2. The lowest BCUT2D eigenvalue weighted by Gasteiger charge is -2.32. The fourth-order valence-electron chi connectivity index (χ4n) is 4.06. The lowest BCUT2D eigenvalue weighted by atomic mass is 10.0. The number of fused-ring (bicyclic) bond motifs is 1. The highest BCUT2D eigenvalue weighted by molar-refractivity contribution is 5.81. The molecule has 6 heteroatoms. The Hall–Kier alpha value is -2.44. The molecule has 2 heterocycles. The van der Waals surface area contributed by atoms with E-state index in [2.05, 4.69) is 33.4 Å². The molecule has 0 spiro atoms. The second kappa shape index (κ2) is 10.0. The molecule has 0 bridgehead atoms. The van der Waals surface area contributed by atoms with Crippen molar-refractivity contribution in [3.63, 3.8) is 0 Å². The second-order valence-corrected chi connectivity index (χ2v) is 7.95.